The minimum absolute atomic E-state index is 0.0404. The average molecular weight is 770 g/mol. The Balaban J connectivity index is 1.43. The molecule has 17 nitrogen and oxygen atoms in total. The molecule has 0 saturated heterocycles. The van der Waals surface area contributed by atoms with Gasteiger partial charge in [0.1, 0.15) is 23.6 Å². The molecule has 0 bridgehead atoms. The van der Waals surface area contributed by atoms with Gasteiger partial charge in [0.2, 0.25) is 18.5 Å². The minimum atomic E-state index is -2.81. The maximum absolute atomic E-state index is 14.4. The van der Waals surface area contributed by atoms with Gasteiger partial charge in [-0.25, -0.2) is 4.79 Å². The fourth-order valence-corrected chi connectivity index (χ4v) is 8.43. The number of nitrogens with zero attached hydrogens (tertiary/aromatic N) is 3. The van der Waals surface area contributed by atoms with E-state index < -0.39 is 101 Å². The van der Waals surface area contributed by atoms with Gasteiger partial charge in [0.25, 0.3) is 5.91 Å². The number of aliphatic hydroxyl groups is 3. The molecule has 1 aromatic carbocycles. The van der Waals surface area contributed by atoms with E-state index in [4.69, 9.17) is 15.2 Å². The number of nitrogens with two attached hydrogens (primary N) is 1. The average Bonchev–Trinajstić information content (AvgIpc) is 3.58. The van der Waals surface area contributed by atoms with Crippen molar-refractivity contribution < 1.29 is 58.7 Å². The molecule has 0 aliphatic heterocycles. The number of amides is 3. The SMILES string of the molecule is CN(C)c1cc(NC(=O)CN(C(=O)OCOC(=O)CC2CCCC2)C(C)(C)C)c(O)c2c1C[C@H]1C[C@H]3[C@H](N(C)C)C(O)=C(C(N)=O)C(=O)[C@@]3(O)C(O)=C1C2=O. The number of fused-ring (bicyclic) bond motifs is 3. The van der Waals surface area contributed by atoms with Crippen LogP contribution in [-0.4, -0.2) is 124 Å². The van der Waals surface area contributed by atoms with Gasteiger partial charge in [-0.3, -0.25) is 33.8 Å². The number of nitrogens with one attached hydrogen (secondary N) is 1. The van der Waals surface area contributed by atoms with E-state index in [1.807, 2.05) is 0 Å². The standard InChI is InChI=1S/C38H51N5O12/c1-37(2,3)43(36(52)55-17-54-25(45)12-18-10-8-9-11-18)16-24(44)40-22-15-23(41(4)5)20-13-19-14-21-29(42(6)7)32(48)28(35(39)51)34(50)38(21,53)33(49)26(19)31(47)27(20)30(22)46/h15,18-19,21,29,46,48-49,53H,8-14,16-17H2,1-7H3,(H2,39,51)(H,40,44)/t19-,21-,29-,38-/m0/s1. The molecule has 1 saturated carbocycles. The van der Waals surface area contributed by atoms with Crippen LogP contribution in [-0.2, 0) is 35.1 Å². The van der Waals surface area contributed by atoms with Crippen LogP contribution in [0.25, 0.3) is 0 Å². The lowest BCUT2D eigenvalue weighted by Gasteiger charge is -2.50. The van der Waals surface area contributed by atoms with E-state index in [1.54, 1.807) is 53.9 Å². The molecule has 5 rings (SSSR count). The van der Waals surface area contributed by atoms with Crippen LogP contribution in [0.3, 0.4) is 0 Å². The lowest BCUT2D eigenvalue weighted by molar-refractivity contribution is -0.154. The Morgan fingerprint density at radius 3 is 2.22 bits per heavy atom. The van der Waals surface area contributed by atoms with E-state index in [0.29, 0.717) is 11.3 Å². The second kappa shape index (κ2) is 15.2. The third-order valence-corrected chi connectivity index (χ3v) is 11.1. The Bertz CT molecular complexity index is 1870. The Hall–Kier alpha value is -5.16. The number of carbonyl (C=O) groups excluding carboxylic acids is 6. The van der Waals surface area contributed by atoms with E-state index in [2.05, 4.69) is 5.32 Å². The molecule has 0 spiro atoms. The fourth-order valence-electron chi connectivity index (χ4n) is 8.43. The minimum Gasteiger partial charge on any atom is -0.510 e. The Morgan fingerprint density at radius 2 is 1.65 bits per heavy atom. The number of carbonyl (C=O) groups is 6. The summed E-state index contributed by atoms with van der Waals surface area (Å²) in [5, 5.41) is 48.7. The van der Waals surface area contributed by atoms with Gasteiger partial charge >= 0.3 is 12.1 Å². The van der Waals surface area contributed by atoms with Gasteiger partial charge in [-0.1, -0.05) is 12.8 Å². The molecule has 7 N–H and O–H groups in total. The summed E-state index contributed by atoms with van der Waals surface area (Å²) < 4.78 is 10.3. The molecule has 0 radical (unpaired) electrons. The van der Waals surface area contributed by atoms with Gasteiger partial charge in [-0.15, -0.1) is 0 Å². The van der Waals surface area contributed by atoms with Crippen molar-refractivity contribution >= 4 is 46.8 Å². The first-order chi connectivity index (χ1) is 25.6. The molecule has 1 fully saturated rings. The number of hydrogen-bond donors (Lipinski definition) is 6. The molecule has 4 aliphatic rings. The number of ether oxygens (including phenoxy) is 2. The molecule has 4 atom stereocenters. The Kier molecular flexibility index (Phi) is 11.3. The fraction of sp³-hybridized carbons (Fsp3) is 0.579. The second-order valence-corrected chi connectivity index (χ2v) is 16.2. The number of ketones is 2. The number of likely N-dealkylation sites (N-methyl/N-ethyl adjacent to an activating group) is 1. The number of benzene rings is 1. The predicted octanol–water partition coefficient (Wildman–Crippen LogP) is 2.44. The Labute approximate surface area is 318 Å². The summed E-state index contributed by atoms with van der Waals surface area (Å²) in [5.74, 6) is -8.96. The molecular weight excluding hydrogens is 718 g/mol. The summed E-state index contributed by atoms with van der Waals surface area (Å²) in [5.41, 5.74) is 0.667. The zero-order valence-electron chi connectivity index (χ0n) is 32.2. The third kappa shape index (κ3) is 7.46. The molecule has 0 heterocycles. The molecule has 3 amide bonds. The third-order valence-electron chi connectivity index (χ3n) is 11.1. The van der Waals surface area contributed by atoms with Crippen molar-refractivity contribution in [1.29, 1.82) is 0 Å². The number of allylic oxidation sites excluding steroid dienone is 1. The molecule has 300 valence electrons. The van der Waals surface area contributed by atoms with E-state index in [0.717, 1.165) is 30.6 Å². The predicted molar refractivity (Wildman–Crippen MR) is 197 cm³/mol. The number of primary amides is 1. The van der Waals surface area contributed by atoms with Crippen LogP contribution in [0.2, 0.25) is 0 Å². The van der Waals surface area contributed by atoms with E-state index in [-0.39, 0.29) is 42.0 Å². The highest BCUT2D eigenvalue weighted by atomic mass is 16.7. The van der Waals surface area contributed by atoms with Crippen molar-refractivity contribution in [3.8, 4) is 5.75 Å². The van der Waals surface area contributed by atoms with Crippen LogP contribution in [0.15, 0.2) is 28.7 Å². The number of phenols is 1. The topological polar surface area (TPSA) is 250 Å². The molecular formula is C38H51N5O12. The van der Waals surface area contributed by atoms with Gasteiger partial charge in [-0.05, 0) is 84.0 Å². The van der Waals surface area contributed by atoms with Crippen molar-refractivity contribution in [2.45, 2.75) is 82.9 Å². The summed E-state index contributed by atoms with van der Waals surface area (Å²) in [6.45, 7) is 3.77. The highest BCUT2D eigenvalue weighted by Crippen LogP contribution is 2.54. The van der Waals surface area contributed by atoms with Gasteiger partial charge in [0.05, 0.1) is 17.3 Å². The van der Waals surface area contributed by atoms with Gasteiger partial charge in [0, 0.05) is 43.2 Å². The summed E-state index contributed by atoms with van der Waals surface area (Å²) in [7, 11) is 6.45. The van der Waals surface area contributed by atoms with Crippen molar-refractivity contribution in [2.75, 3.05) is 51.7 Å². The van der Waals surface area contributed by atoms with Gasteiger partial charge in [0.15, 0.2) is 17.1 Å². The van der Waals surface area contributed by atoms with Crippen molar-refractivity contribution in [3.05, 3.63) is 39.9 Å². The number of anilines is 2. The van der Waals surface area contributed by atoms with Gasteiger partial charge < -0.3 is 45.9 Å². The quantitative estimate of drug-likeness (QED) is 0.0866. The number of Topliss-reactive ketones (excluding diaryl/α,β-unsaturated/α-hetero) is 2. The molecule has 55 heavy (non-hydrogen) atoms. The van der Waals surface area contributed by atoms with Crippen LogP contribution < -0.4 is 16.0 Å². The van der Waals surface area contributed by atoms with Crippen LogP contribution in [0.5, 0.6) is 5.75 Å². The lowest BCUT2D eigenvalue weighted by atomic mass is 9.58. The van der Waals surface area contributed by atoms with E-state index in [1.165, 1.54) is 11.0 Å². The molecule has 1 aromatic rings. The monoisotopic (exact) mass is 769 g/mol. The van der Waals surface area contributed by atoms with Crippen LogP contribution >= 0.6 is 0 Å². The molecule has 0 aromatic heterocycles. The number of aliphatic hydroxyl groups excluding tert-OH is 2. The number of aromatic hydroxyl groups is 1. The highest BCUT2D eigenvalue weighted by Gasteiger charge is 2.63. The van der Waals surface area contributed by atoms with Crippen molar-refractivity contribution in [3.63, 3.8) is 0 Å². The molecule has 4 aliphatic carbocycles. The summed E-state index contributed by atoms with van der Waals surface area (Å²) in [4.78, 5) is 83.3. The number of phenolic OH excluding ortho intramolecular Hbond substituents is 1. The molecule has 17 heteroatoms. The molecule has 0 unspecified atom stereocenters. The summed E-state index contributed by atoms with van der Waals surface area (Å²) in [6, 6.07) is 0.322. The lowest BCUT2D eigenvalue weighted by Crippen LogP contribution is -2.63. The largest absolute Gasteiger partial charge is 0.510 e. The maximum atomic E-state index is 14.4. The second-order valence-electron chi connectivity index (χ2n) is 16.2. The maximum Gasteiger partial charge on any atom is 0.413 e. The van der Waals surface area contributed by atoms with Crippen LogP contribution in [0, 0.1) is 17.8 Å². The Morgan fingerprint density at radius 1 is 1.02 bits per heavy atom. The van der Waals surface area contributed by atoms with Crippen LogP contribution in [0.1, 0.15) is 75.2 Å². The first-order valence-corrected chi connectivity index (χ1v) is 18.2. The smallest absolute Gasteiger partial charge is 0.413 e. The summed E-state index contributed by atoms with van der Waals surface area (Å²) >= 11 is 0. The van der Waals surface area contributed by atoms with Crippen LogP contribution in [0.4, 0.5) is 16.2 Å². The first-order valence-electron chi connectivity index (χ1n) is 18.2. The summed E-state index contributed by atoms with van der Waals surface area (Å²) in [6.07, 6.45) is 3.25. The number of rotatable bonds is 10. The highest BCUT2D eigenvalue weighted by molar-refractivity contribution is 6.25. The van der Waals surface area contributed by atoms with Crippen molar-refractivity contribution in [2.24, 2.45) is 23.5 Å². The number of hydrogen-bond acceptors (Lipinski definition) is 14. The van der Waals surface area contributed by atoms with Crippen molar-refractivity contribution in [1.82, 2.24) is 9.80 Å². The zero-order chi connectivity index (χ0) is 40.9. The number of esters is 1. The van der Waals surface area contributed by atoms with E-state index in [9.17, 15) is 49.2 Å². The van der Waals surface area contributed by atoms with E-state index >= 15 is 0 Å². The first kappa shape index (κ1) is 41.0. The normalized spacial score (nSPS) is 23.9. The van der Waals surface area contributed by atoms with Gasteiger partial charge in [-0.2, -0.15) is 0 Å². The zero-order valence-corrected chi connectivity index (χ0v) is 32.2.